The topological polar surface area (TPSA) is 87.0 Å². The molecule has 2 aromatic heterocycles. The molecule has 0 saturated heterocycles. The second kappa shape index (κ2) is 8.32. The van der Waals surface area contributed by atoms with E-state index in [-0.39, 0.29) is 0 Å². The van der Waals surface area contributed by atoms with E-state index in [1.54, 1.807) is 6.07 Å². The Bertz CT molecular complexity index is 943. The Morgan fingerprint density at radius 1 is 1.07 bits per heavy atom. The number of H-pyrrole nitrogens is 1. The van der Waals surface area contributed by atoms with Crippen LogP contribution in [0, 0.1) is 0 Å². The smallest absolute Gasteiger partial charge is 0.209 e. The highest BCUT2D eigenvalue weighted by atomic mass is 35.5. The Morgan fingerprint density at radius 2 is 1.79 bits per heavy atom. The molecule has 0 amide bonds. The van der Waals surface area contributed by atoms with Crippen LogP contribution in [0.2, 0.25) is 5.02 Å². The fraction of sp³-hybridized carbons (Fsp3) is 0.450. The summed E-state index contributed by atoms with van der Waals surface area (Å²) in [6.45, 7) is 9.69. The monoisotopic (exact) mass is 401 g/mol. The highest BCUT2D eigenvalue weighted by Gasteiger charge is 2.16. The maximum atomic E-state index is 6.07. The average molecular weight is 402 g/mol. The van der Waals surface area contributed by atoms with Gasteiger partial charge in [0.2, 0.25) is 5.95 Å². The Kier molecular flexibility index (Phi) is 6.05. The van der Waals surface area contributed by atoms with Gasteiger partial charge in [0.25, 0.3) is 0 Å². The van der Waals surface area contributed by atoms with Crippen LogP contribution in [0.5, 0.6) is 0 Å². The maximum Gasteiger partial charge on any atom is 0.209 e. The molecule has 3 N–H and O–H groups in total. The minimum Gasteiger partial charge on any atom is -0.384 e. The van der Waals surface area contributed by atoms with Gasteiger partial charge in [0.05, 0.1) is 11.0 Å². The zero-order valence-corrected chi connectivity index (χ0v) is 17.8. The quantitative estimate of drug-likeness (QED) is 0.621. The SMILES string of the molecule is CC(C)N(CCc1nc(N)cc(N(C)c2nc3ccc(Cl)cc3[nH]2)n1)C(C)C. The number of aromatic nitrogens is 4. The van der Waals surface area contributed by atoms with Crippen molar-refractivity contribution in [2.24, 2.45) is 0 Å². The number of rotatable bonds is 7. The van der Waals surface area contributed by atoms with E-state index in [1.807, 2.05) is 30.1 Å². The fourth-order valence-corrected chi connectivity index (χ4v) is 3.54. The minimum atomic E-state index is 0.451. The Hall–Kier alpha value is -2.38. The number of nitrogens with zero attached hydrogens (tertiary/aromatic N) is 5. The van der Waals surface area contributed by atoms with Crippen LogP contribution in [0.3, 0.4) is 0 Å². The Balaban J connectivity index is 1.83. The van der Waals surface area contributed by atoms with E-state index < -0.39 is 0 Å². The second-order valence-electron chi connectivity index (χ2n) is 7.52. The number of benzene rings is 1. The van der Waals surface area contributed by atoms with Gasteiger partial charge < -0.3 is 10.7 Å². The number of halogens is 1. The van der Waals surface area contributed by atoms with E-state index in [2.05, 4.69) is 47.5 Å². The lowest BCUT2D eigenvalue weighted by molar-refractivity contribution is 0.176. The van der Waals surface area contributed by atoms with Gasteiger partial charge in [-0.15, -0.1) is 0 Å². The van der Waals surface area contributed by atoms with Crippen molar-refractivity contribution in [2.75, 3.05) is 24.2 Å². The maximum absolute atomic E-state index is 6.07. The lowest BCUT2D eigenvalue weighted by Crippen LogP contribution is -2.38. The molecule has 3 aromatic rings. The van der Waals surface area contributed by atoms with Crippen molar-refractivity contribution in [1.29, 1.82) is 0 Å². The standard InChI is InChI=1S/C20H28ClN7/c1-12(2)28(13(3)4)9-8-18-25-17(22)11-19(26-18)27(5)20-23-15-7-6-14(21)10-16(15)24-20/h6-7,10-13H,8-9H2,1-5H3,(H,23,24)(H2,22,25,26). The lowest BCUT2D eigenvalue weighted by atomic mass is 10.2. The summed E-state index contributed by atoms with van der Waals surface area (Å²) in [5.74, 6) is 2.56. The predicted molar refractivity (Wildman–Crippen MR) is 116 cm³/mol. The average Bonchev–Trinajstić information content (AvgIpc) is 3.03. The van der Waals surface area contributed by atoms with Crippen LogP contribution >= 0.6 is 11.6 Å². The summed E-state index contributed by atoms with van der Waals surface area (Å²) >= 11 is 6.07. The van der Waals surface area contributed by atoms with Gasteiger partial charge in [0.15, 0.2) is 0 Å². The number of fused-ring (bicyclic) bond motifs is 1. The molecule has 1 aromatic carbocycles. The van der Waals surface area contributed by atoms with Gasteiger partial charge in [-0.1, -0.05) is 11.6 Å². The first kappa shape index (κ1) is 20.4. The highest BCUT2D eigenvalue weighted by Crippen LogP contribution is 2.25. The summed E-state index contributed by atoms with van der Waals surface area (Å²) in [6.07, 6.45) is 0.734. The van der Waals surface area contributed by atoms with Gasteiger partial charge in [-0.25, -0.2) is 15.0 Å². The molecule has 0 aliphatic carbocycles. The van der Waals surface area contributed by atoms with E-state index in [0.29, 0.717) is 34.7 Å². The van der Waals surface area contributed by atoms with Crippen LogP contribution in [0.25, 0.3) is 11.0 Å². The molecular weight excluding hydrogens is 374 g/mol. The molecule has 150 valence electrons. The summed E-state index contributed by atoms with van der Waals surface area (Å²) < 4.78 is 0. The summed E-state index contributed by atoms with van der Waals surface area (Å²) in [6, 6.07) is 8.25. The normalized spacial score (nSPS) is 11.9. The second-order valence-corrected chi connectivity index (χ2v) is 7.96. The van der Waals surface area contributed by atoms with Gasteiger partial charge in [-0.2, -0.15) is 0 Å². The highest BCUT2D eigenvalue weighted by molar-refractivity contribution is 6.31. The van der Waals surface area contributed by atoms with Gasteiger partial charge in [-0.3, -0.25) is 9.80 Å². The number of nitrogens with one attached hydrogen (secondary N) is 1. The summed E-state index contributed by atoms with van der Waals surface area (Å²) in [4.78, 5) is 21.3. The molecule has 7 nitrogen and oxygen atoms in total. The molecule has 0 saturated carbocycles. The number of hydrogen-bond acceptors (Lipinski definition) is 6. The third kappa shape index (κ3) is 4.54. The van der Waals surface area contributed by atoms with Crippen molar-refractivity contribution in [1.82, 2.24) is 24.8 Å². The van der Waals surface area contributed by atoms with Gasteiger partial charge in [0.1, 0.15) is 17.5 Å². The number of nitrogens with two attached hydrogens (primary N) is 1. The van der Waals surface area contributed by atoms with Crippen molar-refractivity contribution >= 4 is 40.2 Å². The Morgan fingerprint density at radius 3 is 2.46 bits per heavy atom. The van der Waals surface area contributed by atoms with E-state index in [4.69, 9.17) is 22.3 Å². The van der Waals surface area contributed by atoms with Crippen LogP contribution < -0.4 is 10.6 Å². The molecule has 3 rings (SSSR count). The summed E-state index contributed by atoms with van der Waals surface area (Å²) in [5, 5.41) is 0.666. The van der Waals surface area contributed by atoms with Crippen molar-refractivity contribution in [3.63, 3.8) is 0 Å². The first-order chi connectivity index (χ1) is 13.2. The largest absolute Gasteiger partial charge is 0.384 e. The number of nitrogen functional groups attached to an aromatic ring is 1. The molecular formula is C20H28ClN7. The van der Waals surface area contributed by atoms with Crippen LogP contribution in [-0.2, 0) is 6.42 Å². The molecule has 0 spiro atoms. The molecule has 8 heteroatoms. The van der Waals surface area contributed by atoms with E-state index >= 15 is 0 Å². The molecule has 0 unspecified atom stereocenters. The predicted octanol–water partition coefficient (Wildman–Crippen LogP) is 4.02. The van der Waals surface area contributed by atoms with Crippen LogP contribution in [0.15, 0.2) is 24.3 Å². The van der Waals surface area contributed by atoms with E-state index in [0.717, 1.165) is 29.8 Å². The van der Waals surface area contributed by atoms with Crippen molar-refractivity contribution in [3.8, 4) is 0 Å². The van der Waals surface area contributed by atoms with Crippen LogP contribution in [0.4, 0.5) is 17.6 Å². The molecule has 0 aliphatic heterocycles. The number of imidazole rings is 1. The zero-order valence-electron chi connectivity index (χ0n) is 17.1. The van der Waals surface area contributed by atoms with Crippen LogP contribution in [0.1, 0.15) is 33.5 Å². The third-order valence-electron chi connectivity index (χ3n) is 4.79. The molecule has 28 heavy (non-hydrogen) atoms. The van der Waals surface area contributed by atoms with Crippen molar-refractivity contribution < 1.29 is 0 Å². The summed E-state index contributed by atoms with van der Waals surface area (Å²) in [5.41, 5.74) is 7.78. The van der Waals surface area contributed by atoms with E-state index in [1.165, 1.54) is 0 Å². The summed E-state index contributed by atoms with van der Waals surface area (Å²) in [7, 11) is 1.90. The first-order valence-corrected chi connectivity index (χ1v) is 9.90. The van der Waals surface area contributed by atoms with Crippen LogP contribution in [-0.4, -0.2) is 50.5 Å². The molecule has 0 fully saturated rings. The lowest BCUT2D eigenvalue weighted by Gasteiger charge is -2.30. The molecule has 0 radical (unpaired) electrons. The van der Waals surface area contributed by atoms with Gasteiger partial charge in [-0.05, 0) is 45.9 Å². The minimum absolute atomic E-state index is 0.451. The van der Waals surface area contributed by atoms with Crippen molar-refractivity contribution in [3.05, 3.63) is 35.1 Å². The Labute approximate surface area is 170 Å². The first-order valence-electron chi connectivity index (χ1n) is 9.52. The number of aromatic amines is 1. The number of hydrogen-bond donors (Lipinski definition) is 2. The van der Waals surface area contributed by atoms with Crippen molar-refractivity contribution in [2.45, 2.75) is 46.2 Å². The zero-order chi connectivity index (χ0) is 20.4. The molecule has 2 heterocycles. The third-order valence-corrected chi connectivity index (χ3v) is 5.03. The number of anilines is 3. The van der Waals surface area contributed by atoms with Gasteiger partial charge >= 0.3 is 0 Å². The van der Waals surface area contributed by atoms with E-state index in [9.17, 15) is 0 Å². The molecule has 0 atom stereocenters. The molecule has 0 aliphatic rings. The van der Waals surface area contributed by atoms with Gasteiger partial charge in [0, 0.05) is 43.2 Å². The molecule has 0 bridgehead atoms. The fourth-order valence-electron chi connectivity index (χ4n) is 3.36.